The average molecular weight is 291 g/mol. The van der Waals surface area contributed by atoms with E-state index in [2.05, 4.69) is 0 Å². The molecule has 0 aromatic heterocycles. The van der Waals surface area contributed by atoms with Gasteiger partial charge < -0.3 is 0 Å². The first-order valence-electron chi connectivity index (χ1n) is 0. The first kappa shape index (κ1) is 43.8. The molecule has 1 unspecified atom stereocenters. The summed E-state index contributed by atoms with van der Waals surface area (Å²) in [5.41, 5.74) is 0. The van der Waals surface area contributed by atoms with Gasteiger partial charge in [0.05, 0.1) is 8.41 Å². The van der Waals surface area contributed by atoms with Gasteiger partial charge in [-0.25, -0.2) is 0 Å². The van der Waals surface area contributed by atoms with Crippen LogP contribution in [-0.4, -0.2) is 8.41 Å². The molecule has 0 aromatic carbocycles. The van der Waals surface area contributed by atoms with Crippen LogP contribution in [0.25, 0.3) is 0 Å². The molecule has 0 heterocycles. The van der Waals surface area contributed by atoms with Crippen LogP contribution in [0.3, 0.4) is 0 Å². The fourth-order valence-corrected chi connectivity index (χ4v) is 0. The summed E-state index contributed by atoms with van der Waals surface area (Å²) >= 11 is 0. The van der Waals surface area contributed by atoms with E-state index in [9.17, 15) is 0 Å². The fourth-order valence-electron chi connectivity index (χ4n) is 0. The van der Waals surface area contributed by atoms with Crippen LogP contribution in [0.4, 0.5) is 0 Å². The van der Waals surface area contributed by atoms with Gasteiger partial charge in [0.15, 0.2) is 0 Å². The molecule has 0 bridgehead atoms. The predicted octanol–water partition coefficient (Wildman–Crippen LogP) is -1.13. The summed E-state index contributed by atoms with van der Waals surface area (Å²) in [4.78, 5) is 0. The smallest absolute Gasteiger partial charge is 0.0814 e. The van der Waals surface area contributed by atoms with Crippen molar-refractivity contribution in [2.24, 2.45) is 0 Å². The molecule has 1 radical (unpaired) electrons. The largest absolute Gasteiger partial charge is 0.153 e. The third kappa shape index (κ3) is 9.35. The molecule has 0 saturated heterocycles. The van der Waals surface area contributed by atoms with E-state index in [0.29, 0.717) is 0 Å². The Balaban J connectivity index is 0. The van der Waals surface area contributed by atoms with Crippen molar-refractivity contribution in [2.45, 2.75) is 0 Å². The van der Waals surface area contributed by atoms with E-state index in [0.717, 1.165) is 0 Å². The Hall–Kier alpha value is 1.69. The second-order valence-electron chi connectivity index (χ2n) is 0. The van der Waals surface area contributed by atoms with Gasteiger partial charge in [0.25, 0.3) is 0 Å². The molecule has 0 rings (SSSR count). The molecule has 0 saturated carbocycles. The third-order valence-corrected chi connectivity index (χ3v) is 0. The van der Waals surface area contributed by atoms with Gasteiger partial charge in [0.1, 0.15) is 0 Å². The van der Waals surface area contributed by atoms with Crippen molar-refractivity contribution in [1.29, 1.82) is 0 Å². The van der Waals surface area contributed by atoms with Crippen LogP contribution in [0, 0.1) is 0 Å². The quantitative estimate of drug-likeness (QED) is 0.391. The van der Waals surface area contributed by atoms with Crippen LogP contribution >= 0.6 is 9.90 Å². The Kier molecular flexibility index (Phi) is 245. The summed E-state index contributed by atoms with van der Waals surface area (Å²) < 4.78 is 0. The standard InChI is InChI=1S/BH3.Co.H3P.W/h1H3;;1H3;. The molecule has 1 atom stereocenters. The van der Waals surface area contributed by atoms with E-state index in [1.54, 1.807) is 0 Å². The maximum atomic E-state index is 0. The third-order valence-electron chi connectivity index (χ3n) is 0. The molecule has 0 aliphatic rings. The van der Waals surface area contributed by atoms with Gasteiger partial charge in [0.2, 0.25) is 0 Å². The van der Waals surface area contributed by atoms with Crippen molar-refractivity contribution in [3.8, 4) is 0 Å². The molecule has 0 aliphatic heterocycles. The SMILES string of the molecule is B.P.[Co].[W]. The second-order valence-corrected chi connectivity index (χ2v) is 0. The van der Waals surface area contributed by atoms with Gasteiger partial charge in [-0.1, -0.05) is 0 Å². The molecule has 0 nitrogen and oxygen atoms in total. The number of rotatable bonds is 0. The number of hydrogen-bond donors (Lipinski definition) is 0. The summed E-state index contributed by atoms with van der Waals surface area (Å²) in [6.07, 6.45) is 0. The van der Waals surface area contributed by atoms with Crippen molar-refractivity contribution in [2.75, 3.05) is 0 Å². The Morgan fingerprint density at radius 3 is 1.00 bits per heavy atom. The van der Waals surface area contributed by atoms with Crippen LogP contribution < -0.4 is 0 Å². The monoisotopic (exact) mass is 291 g/mol. The summed E-state index contributed by atoms with van der Waals surface area (Å²) in [6, 6.07) is 0. The maximum Gasteiger partial charge on any atom is 0.0814 e. The van der Waals surface area contributed by atoms with Crippen LogP contribution in [0.2, 0.25) is 0 Å². The van der Waals surface area contributed by atoms with Crippen LogP contribution in [-0.2, 0) is 37.8 Å². The molecule has 0 fully saturated rings. The Bertz CT molecular complexity index is 8.00. The molecule has 4 heteroatoms. The van der Waals surface area contributed by atoms with E-state index in [-0.39, 0.29) is 56.2 Å². The van der Waals surface area contributed by atoms with Gasteiger partial charge in [-0.15, -0.1) is 0 Å². The van der Waals surface area contributed by atoms with Crippen molar-refractivity contribution in [3.05, 3.63) is 0 Å². The predicted molar refractivity (Wildman–Crippen MR) is 21.0 cm³/mol. The summed E-state index contributed by atoms with van der Waals surface area (Å²) in [5, 5.41) is 0. The normalized spacial score (nSPS) is 0. The fraction of sp³-hybridized carbons (Fsp3) is 0. The van der Waals surface area contributed by atoms with Gasteiger partial charge in [-0.05, 0) is 0 Å². The molecule has 4 heavy (non-hydrogen) atoms. The molecule has 0 spiro atoms. The second kappa shape index (κ2) is 22.4. The van der Waals surface area contributed by atoms with Crippen molar-refractivity contribution in [1.82, 2.24) is 0 Å². The molecular formula is H6BCoPW. The Morgan fingerprint density at radius 1 is 1.00 bits per heavy atom. The molecular weight excluding hydrogens is 285 g/mol. The zero-order chi connectivity index (χ0) is 0. The minimum atomic E-state index is 0. The molecule has 0 N–H and O–H groups in total. The minimum absolute atomic E-state index is 0. The topological polar surface area (TPSA) is 0 Å². The molecule has 29 valence electrons. The molecule has 0 amide bonds. The van der Waals surface area contributed by atoms with Gasteiger partial charge in [-0.2, -0.15) is 9.90 Å². The Labute approximate surface area is 56.1 Å². The van der Waals surface area contributed by atoms with E-state index in [1.807, 2.05) is 0 Å². The van der Waals surface area contributed by atoms with Crippen LogP contribution in [0.5, 0.6) is 0 Å². The van der Waals surface area contributed by atoms with E-state index in [1.165, 1.54) is 0 Å². The first-order chi connectivity index (χ1) is 0. The van der Waals surface area contributed by atoms with Crippen LogP contribution in [0.1, 0.15) is 0 Å². The molecule has 0 aromatic rings. The van der Waals surface area contributed by atoms with Crippen molar-refractivity contribution in [3.63, 3.8) is 0 Å². The van der Waals surface area contributed by atoms with E-state index < -0.39 is 0 Å². The average Bonchev–Trinajstić information content (AvgIpc) is 0. The molecule has 0 aliphatic carbocycles. The summed E-state index contributed by atoms with van der Waals surface area (Å²) in [6.45, 7) is 0. The minimum Gasteiger partial charge on any atom is -0.153 e. The van der Waals surface area contributed by atoms with Crippen molar-refractivity contribution >= 4 is 18.3 Å². The van der Waals surface area contributed by atoms with Crippen LogP contribution in [0.15, 0.2) is 0 Å². The van der Waals surface area contributed by atoms with Gasteiger partial charge in [-0.3, -0.25) is 0 Å². The summed E-state index contributed by atoms with van der Waals surface area (Å²) in [7, 11) is 0. The summed E-state index contributed by atoms with van der Waals surface area (Å²) in [5.74, 6) is 0. The zero-order valence-electron chi connectivity index (χ0n) is 1.45. The van der Waals surface area contributed by atoms with Gasteiger partial charge in [0, 0.05) is 37.8 Å². The Morgan fingerprint density at radius 2 is 1.00 bits per heavy atom. The first-order valence-corrected chi connectivity index (χ1v) is 0. The van der Waals surface area contributed by atoms with Crippen molar-refractivity contribution < 1.29 is 37.8 Å². The maximum absolute atomic E-state index is 0. The zero-order valence-corrected chi connectivity index (χ0v) is 6.84. The van der Waals surface area contributed by atoms with E-state index in [4.69, 9.17) is 0 Å². The van der Waals surface area contributed by atoms with E-state index >= 15 is 0 Å². The van der Waals surface area contributed by atoms with Gasteiger partial charge >= 0.3 is 0 Å². The number of hydrogen-bond acceptors (Lipinski definition) is 0.